The van der Waals surface area contributed by atoms with Crippen LogP contribution in [0.3, 0.4) is 0 Å². The number of benzene rings is 1. The fourth-order valence-electron chi connectivity index (χ4n) is 2.67. The van der Waals surface area contributed by atoms with Gasteiger partial charge >= 0.3 is 0 Å². The lowest BCUT2D eigenvalue weighted by Crippen LogP contribution is -2.37. The molecule has 0 amide bonds. The first-order chi connectivity index (χ1) is 12.9. The fraction of sp³-hybridized carbons (Fsp3) is 0.412. The van der Waals surface area contributed by atoms with Gasteiger partial charge in [0.2, 0.25) is 10.0 Å². The van der Waals surface area contributed by atoms with Crippen LogP contribution in [0.15, 0.2) is 39.7 Å². The van der Waals surface area contributed by atoms with E-state index in [4.69, 9.17) is 4.74 Å². The first kappa shape index (κ1) is 20.0. The summed E-state index contributed by atoms with van der Waals surface area (Å²) in [6.45, 7) is 5.45. The average Bonchev–Trinajstić information content (AvgIpc) is 2.66. The monoisotopic (exact) mass is 455 g/mol. The summed E-state index contributed by atoms with van der Waals surface area (Å²) >= 11 is 3.29. The zero-order valence-electron chi connectivity index (χ0n) is 15.0. The zero-order valence-corrected chi connectivity index (χ0v) is 17.4. The number of aryl methyl sites for hydroxylation is 1. The first-order valence-corrected chi connectivity index (χ1v) is 10.9. The van der Waals surface area contributed by atoms with E-state index in [2.05, 4.69) is 40.8 Å². The van der Waals surface area contributed by atoms with Crippen LogP contribution in [0.5, 0.6) is 0 Å². The third-order valence-corrected chi connectivity index (χ3v) is 6.01. The molecule has 0 bridgehead atoms. The second kappa shape index (κ2) is 8.96. The molecule has 2 heterocycles. The van der Waals surface area contributed by atoms with Gasteiger partial charge in [0.15, 0.2) is 0 Å². The van der Waals surface area contributed by atoms with Crippen LogP contribution >= 0.6 is 15.9 Å². The highest BCUT2D eigenvalue weighted by Gasteiger charge is 2.15. The molecule has 1 fully saturated rings. The largest absolute Gasteiger partial charge is 0.378 e. The number of hydrogen-bond donors (Lipinski definition) is 2. The number of sulfonamides is 1. The molecule has 8 nitrogen and oxygen atoms in total. The summed E-state index contributed by atoms with van der Waals surface area (Å²) in [4.78, 5) is 11.2. The van der Waals surface area contributed by atoms with Crippen LogP contribution in [0.1, 0.15) is 5.82 Å². The minimum atomic E-state index is -3.53. The maximum atomic E-state index is 12.3. The SMILES string of the molecule is Cc1nc(NCCNS(=O)(=O)c2ccc(Br)cc2)cc(N2CCOCC2)n1. The average molecular weight is 456 g/mol. The van der Waals surface area contributed by atoms with Gasteiger partial charge in [-0.15, -0.1) is 0 Å². The molecule has 1 aliphatic rings. The van der Waals surface area contributed by atoms with Gasteiger partial charge in [0.05, 0.1) is 18.1 Å². The maximum Gasteiger partial charge on any atom is 0.240 e. The number of anilines is 2. The molecular weight excluding hydrogens is 434 g/mol. The van der Waals surface area contributed by atoms with Crippen molar-refractivity contribution in [2.75, 3.05) is 49.6 Å². The summed E-state index contributed by atoms with van der Waals surface area (Å²) in [5, 5.41) is 3.15. The fourth-order valence-corrected chi connectivity index (χ4v) is 3.97. The molecule has 146 valence electrons. The van der Waals surface area contributed by atoms with Gasteiger partial charge in [-0.2, -0.15) is 0 Å². The maximum absolute atomic E-state index is 12.3. The van der Waals surface area contributed by atoms with Gasteiger partial charge in [0.25, 0.3) is 0 Å². The van der Waals surface area contributed by atoms with Crippen LogP contribution in [0.4, 0.5) is 11.6 Å². The van der Waals surface area contributed by atoms with Crippen molar-refractivity contribution < 1.29 is 13.2 Å². The first-order valence-electron chi connectivity index (χ1n) is 8.61. The molecule has 1 aromatic carbocycles. The predicted molar refractivity (Wildman–Crippen MR) is 108 cm³/mol. The summed E-state index contributed by atoms with van der Waals surface area (Å²) < 4.78 is 33.3. The Balaban J connectivity index is 1.55. The van der Waals surface area contributed by atoms with E-state index in [0.717, 1.165) is 23.4 Å². The summed E-state index contributed by atoms with van der Waals surface area (Å²) in [5.41, 5.74) is 0. The van der Waals surface area contributed by atoms with Gasteiger partial charge < -0.3 is 15.0 Å². The highest BCUT2D eigenvalue weighted by Crippen LogP contribution is 2.17. The summed E-state index contributed by atoms with van der Waals surface area (Å²) in [5.74, 6) is 2.19. The lowest BCUT2D eigenvalue weighted by molar-refractivity contribution is 0.122. The Labute approximate surface area is 167 Å². The molecule has 0 aliphatic carbocycles. The van der Waals surface area contributed by atoms with E-state index >= 15 is 0 Å². The summed E-state index contributed by atoms with van der Waals surface area (Å²) in [6.07, 6.45) is 0. The van der Waals surface area contributed by atoms with Crippen LogP contribution in [-0.4, -0.2) is 57.8 Å². The Morgan fingerprint density at radius 2 is 1.85 bits per heavy atom. The number of hydrogen-bond acceptors (Lipinski definition) is 7. The van der Waals surface area contributed by atoms with E-state index in [0.29, 0.717) is 31.4 Å². The Morgan fingerprint density at radius 1 is 1.15 bits per heavy atom. The number of ether oxygens (including phenoxy) is 1. The van der Waals surface area contributed by atoms with Crippen molar-refractivity contribution in [2.24, 2.45) is 0 Å². The number of nitrogens with zero attached hydrogens (tertiary/aromatic N) is 3. The Bertz CT molecular complexity index is 871. The molecule has 0 radical (unpaired) electrons. The summed E-state index contributed by atoms with van der Waals surface area (Å²) in [6, 6.07) is 8.39. The lowest BCUT2D eigenvalue weighted by Gasteiger charge is -2.28. The molecule has 10 heteroatoms. The number of aromatic nitrogens is 2. The molecule has 0 saturated carbocycles. The third-order valence-electron chi connectivity index (χ3n) is 4.01. The van der Waals surface area contributed by atoms with Crippen molar-refractivity contribution in [2.45, 2.75) is 11.8 Å². The number of nitrogens with one attached hydrogen (secondary N) is 2. The molecule has 0 atom stereocenters. The van der Waals surface area contributed by atoms with Crippen LogP contribution in [-0.2, 0) is 14.8 Å². The number of morpholine rings is 1. The number of halogens is 1. The molecule has 2 aromatic rings. The van der Waals surface area contributed by atoms with Gasteiger partial charge in [-0.25, -0.2) is 23.1 Å². The van der Waals surface area contributed by atoms with E-state index in [1.807, 2.05) is 13.0 Å². The minimum Gasteiger partial charge on any atom is -0.378 e. The molecule has 0 spiro atoms. The standard InChI is InChI=1S/C17H22BrN5O3S/c1-13-21-16(12-17(22-13)23-8-10-26-11-9-23)19-6-7-20-27(24,25)15-4-2-14(18)3-5-15/h2-5,12,20H,6-11H2,1H3,(H,19,21,22). The number of rotatable bonds is 7. The predicted octanol–water partition coefficient (Wildman–Crippen LogP) is 1.77. The molecule has 27 heavy (non-hydrogen) atoms. The molecule has 0 unspecified atom stereocenters. The second-order valence-corrected chi connectivity index (χ2v) is 8.72. The van der Waals surface area contributed by atoms with E-state index in [9.17, 15) is 8.42 Å². The van der Waals surface area contributed by atoms with Crippen molar-refractivity contribution in [1.29, 1.82) is 0 Å². The van der Waals surface area contributed by atoms with Crippen molar-refractivity contribution in [3.63, 3.8) is 0 Å². The third kappa shape index (κ3) is 5.61. The topological polar surface area (TPSA) is 96.5 Å². The van der Waals surface area contributed by atoms with Crippen LogP contribution in [0, 0.1) is 6.92 Å². The van der Waals surface area contributed by atoms with Crippen molar-refractivity contribution in [3.8, 4) is 0 Å². The van der Waals surface area contributed by atoms with Gasteiger partial charge in [0.1, 0.15) is 17.5 Å². The Kier molecular flexibility index (Phi) is 6.64. The smallest absolute Gasteiger partial charge is 0.240 e. The van der Waals surface area contributed by atoms with Crippen molar-refractivity contribution in [3.05, 3.63) is 40.6 Å². The Morgan fingerprint density at radius 3 is 2.56 bits per heavy atom. The zero-order chi connectivity index (χ0) is 19.3. The van der Waals surface area contributed by atoms with Crippen molar-refractivity contribution >= 4 is 37.6 Å². The highest BCUT2D eigenvalue weighted by atomic mass is 79.9. The lowest BCUT2D eigenvalue weighted by atomic mass is 10.4. The molecule has 1 aliphatic heterocycles. The normalized spacial score (nSPS) is 15.0. The van der Waals surface area contributed by atoms with Gasteiger partial charge in [-0.1, -0.05) is 15.9 Å². The molecule has 1 saturated heterocycles. The highest BCUT2D eigenvalue weighted by molar-refractivity contribution is 9.10. The van der Waals surface area contributed by atoms with E-state index in [-0.39, 0.29) is 11.4 Å². The molecule has 2 N–H and O–H groups in total. The second-order valence-electron chi connectivity index (χ2n) is 6.04. The molecular formula is C17H22BrN5O3S. The van der Waals surface area contributed by atoms with Gasteiger partial charge in [0, 0.05) is 36.7 Å². The van der Waals surface area contributed by atoms with Gasteiger partial charge in [-0.05, 0) is 31.2 Å². The van der Waals surface area contributed by atoms with E-state index < -0.39 is 10.0 Å². The van der Waals surface area contributed by atoms with E-state index in [1.54, 1.807) is 24.3 Å². The summed E-state index contributed by atoms with van der Waals surface area (Å²) in [7, 11) is -3.53. The van der Waals surface area contributed by atoms with Crippen molar-refractivity contribution in [1.82, 2.24) is 14.7 Å². The van der Waals surface area contributed by atoms with Crippen LogP contribution in [0.25, 0.3) is 0 Å². The molecule has 3 rings (SSSR count). The Hall–Kier alpha value is -1.75. The quantitative estimate of drug-likeness (QED) is 0.613. The van der Waals surface area contributed by atoms with Crippen LogP contribution in [0.2, 0.25) is 0 Å². The minimum absolute atomic E-state index is 0.234. The molecule has 1 aromatic heterocycles. The van der Waals surface area contributed by atoms with Crippen LogP contribution < -0.4 is 14.9 Å². The van der Waals surface area contributed by atoms with E-state index in [1.165, 1.54) is 0 Å². The van der Waals surface area contributed by atoms with Gasteiger partial charge in [-0.3, -0.25) is 0 Å².